The molecule has 0 aliphatic carbocycles. The Morgan fingerprint density at radius 3 is 2.56 bits per heavy atom. The van der Waals surface area contributed by atoms with Crippen molar-refractivity contribution in [1.29, 1.82) is 0 Å². The summed E-state index contributed by atoms with van der Waals surface area (Å²) in [6.45, 7) is 0. The van der Waals surface area contributed by atoms with Crippen molar-refractivity contribution in [2.24, 2.45) is 0 Å². The molecule has 0 fully saturated rings. The molecule has 2 aromatic rings. The molecular formula is C12H9NO3. The van der Waals surface area contributed by atoms with Gasteiger partial charge in [0.1, 0.15) is 0 Å². The van der Waals surface area contributed by atoms with Crippen LogP contribution in [0.1, 0.15) is 10.4 Å². The van der Waals surface area contributed by atoms with Crippen LogP contribution in [0.5, 0.6) is 0 Å². The molecule has 80 valence electrons. The van der Waals surface area contributed by atoms with Gasteiger partial charge in [0.25, 0.3) is 0 Å². The van der Waals surface area contributed by atoms with Crippen molar-refractivity contribution in [3.8, 4) is 11.1 Å². The van der Waals surface area contributed by atoms with Crippen molar-refractivity contribution in [2.75, 3.05) is 0 Å². The van der Waals surface area contributed by atoms with Gasteiger partial charge in [-0.2, -0.15) is 0 Å². The third-order valence-corrected chi connectivity index (χ3v) is 2.22. The molecule has 4 nitrogen and oxygen atoms in total. The van der Waals surface area contributed by atoms with Crippen LogP contribution in [0, 0.1) is 0 Å². The number of aromatic amines is 1. The number of hydrogen-bond donors (Lipinski definition) is 2. The van der Waals surface area contributed by atoms with Crippen molar-refractivity contribution >= 4 is 5.97 Å². The first-order chi connectivity index (χ1) is 7.66. The summed E-state index contributed by atoms with van der Waals surface area (Å²) < 4.78 is 0. The number of rotatable bonds is 2. The highest BCUT2D eigenvalue weighted by molar-refractivity contribution is 5.89. The summed E-state index contributed by atoms with van der Waals surface area (Å²) in [5.74, 6) is -0.980. The van der Waals surface area contributed by atoms with E-state index in [-0.39, 0.29) is 11.1 Å². The molecule has 2 rings (SSSR count). The van der Waals surface area contributed by atoms with Crippen LogP contribution in [-0.4, -0.2) is 16.1 Å². The second kappa shape index (κ2) is 4.02. The van der Waals surface area contributed by atoms with Crippen LogP contribution < -0.4 is 5.56 Å². The van der Waals surface area contributed by atoms with E-state index in [1.54, 1.807) is 18.2 Å². The lowest BCUT2D eigenvalue weighted by Gasteiger charge is -2.01. The molecule has 0 amide bonds. The van der Waals surface area contributed by atoms with E-state index in [0.29, 0.717) is 11.1 Å². The Morgan fingerprint density at radius 2 is 1.88 bits per heavy atom. The molecule has 0 saturated heterocycles. The lowest BCUT2D eigenvalue weighted by atomic mass is 10.0. The molecule has 4 heteroatoms. The van der Waals surface area contributed by atoms with Crippen LogP contribution in [0.15, 0.2) is 47.4 Å². The predicted molar refractivity (Wildman–Crippen MR) is 59.5 cm³/mol. The number of carbonyl (C=O) groups is 1. The SMILES string of the molecule is O=C(O)c1cccc(-c2cc[nH]c(=O)c2)c1. The van der Waals surface area contributed by atoms with Gasteiger partial charge in [0.15, 0.2) is 0 Å². The number of H-pyrrole nitrogens is 1. The lowest BCUT2D eigenvalue weighted by Crippen LogP contribution is -2.02. The molecule has 0 aliphatic rings. The fraction of sp³-hybridized carbons (Fsp3) is 0. The molecule has 0 spiro atoms. The normalized spacial score (nSPS) is 10.0. The summed E-state index contributed by atoms with van der Waals surface area (Å²) in [6.07, 6.45) is 1.53. The summed E-state index contributed by atoms with van der Waals surface area (Å²) in [5.41, 5.74) is 1.41. The maximum absolute atomic E-state index is 11.1. The topological polar surface area (TPSA) is 70.2 Å². The number of benzene rings is 1. The second-order valence-corrected chi connectivity index (χ2v) is 3.33. The molecular weight excluding hydrogens is 206 g/mol. The first-order valence-corrected chi connectivity index (χ1v) is 4.69. The third-order valence-electron chi connectivity index (χ3n) is 2.22. The van der Waals surface area contributed by atoms with Crippen molar-refractivity contribution < 1.29 is 9.90 Å². The third kappa shape index (κ3) is 2.00. The minimum Gasteiger partial charge on any atom is -0.478 e. The molecule has 2 N–H and O–H groups in total. The molecule has 16 heavy (non-hydrogen) atoms. The fourth-order valence-electron chi connectivity index (χ4n) is 1.46. The van der Waals surface area contributed by atoms with Gasteiger partial charge in [-0.25, -0.2) is 4.79 Å². The Balaban J connectivity index is 2.52. The van der Waals surface area contributed by atoms with Gasteiger partial charge < -0.3 is 10.1 Å². The number of aromatic nitrogens is 1. The molecule has 1 heterocycles. The zero-order valence-electron chi connectivity index (χ0n) is 8.31. The first-order valence-electron chi connectivity index (χ1n) is 4.69. The Hall–Kier alpha value is -2.36. The van der Waals surface area contributed by atoms with Crippen LogP contribution in [0.4, 0.5) is 0 Å². The summed E-state index contributed by atoms with van der Waals surface area (Å²) in [7, 11) is 0. The smallest absolute Gasteiger partial charge is 0.335 e. The van der Waals surface area contributed by atoms with E-state index >= 15 is 0 Å². The molecule has 1 aromatic heterocycles. The van der Waals surface area contributed by atoms with E-state index in [1.807, 2.05) is 0 Å². The van der Waals surface area contributed by atoms with Crippen LogP contribution in [0.3, 0.4) is 0 Å². The van der Waals surface area contributed by atoms with Crippen LogP contribution in [0.25, 0.3) is 11.1 Å². The maximum Gasteiger partial charge on any atom is 0.335 e. The number of hydrogen-bond acceptors (Lipinski definition) is 2. The first kappa shape index (κ1) is 10.2. The number of aromatic carboxylic acids is 1. The summed E-state index contributed by atoms with van der Waals surface area (Å²) >= 11 is 0. The molecule has 0 atom stereocenters. The minimum atomic E-state index is -0.980. The summed E-state index contributed by atoms with van der Waals surface area (Å²) in [4.78, 5) is 24.4. The molecule has 0 unspecified atom stereocenters. The Kier molecular flexibility index (Phi) is 2.55. The minimum absolute atomic E-state index is 0.206. The maximum atomic E-state index is 11.1. The van der Waals surface area contributed by atoms with Gasteiger partial charge in [-0.15, -0.1) is 0 Å². The standard InChI is InChI=1S/C12H9NO3/c14-11-7-9(4-5-13-11)8-2-1-3-10(6-8)12(15)16/h1-7H,(H,13,14)(H,15,16). The zero-order valence-corrected chi connectivity index (χ0v) is 8.31. The number of pyridine rings is 1. The zero-order chi connectivity index (χ0) is 11.5. The lowest BCUT2D eigenvalue weighted by molar-refractivity contribution is 0.0697. The predicted octanol–water partition coefficient (Wildman–Crippen LogP) is 1.74. The quantitative estimate of drug-likeness (QED) is 0.801. The van der Waals surface area contributed by atoms with Crippen molar-refractivity contribution in [1.82, 2.24) is 4.98 Å². The highest BCUT2D eigenvalue weighted by Gasteiger charge is 2.04. The van der Waals surface area contributed by atoms with Gasteiger partial charge in [-0.3, -0.25) is 4.79 Å². The largest absolute Gasteiger partial charge is 0.478 e. The van der Waals surface area contributed by atoms with Crippen LogP contribution >= 0.6 is 0 Å². The van der Waals surface area contributed by atoms with E-state index in [0.717, 1.165) is 0 Å². The van der Waals surface area contributed by atoms with Gasteiger partial charge in [0, 0.05) is 12.3 Å². The van der Waals surface area contributed by atoms with E-state index in [9.17, 15) is 9.59 Å². The Morgan fingerprint density at radius 1 is 1.12 bits per heavy atom. The summed E-state index contributed by atoms with van der Waals surface area (Å²) in [5, 5.41) is 8.84. The average molecular weight is 215 g/mol. The molecule has 0 radical (unpaired) electrons. The van der Waals surface area contributed by atoms with Crippen LogP contribution in [0.2, 0.25) is 0 Å². The van der Waals surface area contributed by atoms with E-state index in [4.69, 9.17) is 5.11 Å². The van der Waals surface area contributed by atoms with Crippen molar-refractivity contribution in [3.63, 3.8) is 0 Å². The number of nitrogens with one attached hydrogen (secondary N) is 1. The highest BCUT2D eigenvalue weighted by atomic mass is 16.4. The highest BCUT2D eigenvalue weighted by Crippen LogP contribution is 2.18. The van der Waals surface area contributed by atoms with Gasteiger partial charge in [-0.05, 0) is 29.3 Å². The molecule has 0 saturated carbocycles. The average Bonchev–Trinajstić information content (AvgIpc) is 2.29. The Labute approximate surface area is 91.2 Å². The van der Waals surface area contributed by atoms with Gasteiger partial charge >= 0.3 is 5.97 Å². The van der Waals surface area contributed by atoms with Gasteiger partial charge in [-0.1, -0.05) is 12.1 Å². The van der Waals surface area contributed by atoms with Crippen molar-refractivity contribution in [3.05, 3.63) is 58.5 Å². The monoisotopic (exact) mass is 215 g/mol. The van der Waals surface area contributed by atoms with Crippen LogP contribution in [-0.2, 0) is 0 Å². The van der Waals surface area contributed by atoms with E-state index in [2.05, 4.69) is 4.98 Å². The molecule has 0 bridgehead atoms. The van der Waals surface area contributed by atoms with E-state index < -0.39 is 5.97 Å². The van der Waals surface area contributed by atoms with Gasteiger partial charge in [0.2, 0.25) is 5.56 Å². The molecule has 0 aliphatic heterocycles. The van der Waals surface area contributed by atoms with E-state index in [1.165, 1.54) is 24.4 Å². The summed E-state index contributed by atoms with van der Waals surface area (Å²) in [6, 6.07) is 9.63. The van der Waals surface area contributed by atoms with Gasteiger partial charge in [0.05, 0.1) is 5.56 Å². The van der Waals surface area contributed by atoms with Crippen molar-refractivity contribution in [2.45, 2.75) is 0 Å². The second-order valence-electron chi connectivity index (χ2n) is 3.33. The number of carboxylic acid groups (broad SMARTS) is 1. The Bertz CT molecular complexity index is 587. The molecule has 1 aromatic carbocycles. The fourth-order valence-corrected chi connectivity index (χ4v) is 1.46. The number of carboxylic acids is 1.